The van der Waals surface area contributed by atoms with Crippen molar-refractivity contribution in [3.05, 3.63) is 42.2 Å². The molecule has 0 radical (unpaired) electrons. The first-order valence-electron chi connectivity index (χ1n) is 8.10. The number of rotatable bonds is 5. The van der Waals surface area contributed by atoms with E-state index in [9.17, 15) is 0 Å². The van der Waals surface area contributed by atoms with Gasteiger partial charge in [0.25, 0.3) is 0 Å². The van der Waals surface area contributed by atoms with Crippen LogP contribution in [0.3, 0.4) is 0 Å². The van der Waals surface area contributed by atoms with Crippen LogP contribution in [0.15, 0.2) is 36.7 Å². The lowest BCUT2D eigenvalue weighted by Crippen LogP contribution is -2.36. The molecule has 0 aliphatic carbocycles. The second-order valence-corrected chi connectivity index (χ2v) is 5.65. The van der Waals surface area contributed by atoms with Gasteiger partial charge in [0.1, 0.15) is 18.0 Å². The van der Waals surface area contributed by atoms with Crippen LogP contribution in [0.4, 0.5) is 11.6 Å². The van der Waals surface area contributed by atoms with Gasteiger partial charge in [-0.05, 0) is 10.8 Å². The van der Waals surface area contributed by atoms with Gasteiger partial charge in [0, 0.05) is 31.3 Å². The van der Waals surface area contributed by atoms with Gasteiger partial charge in [0.05, 0.1) is 13.2 Å². The van der Waals surface area contributed by atoms with Crippen molar-refractivity contribution < 1.29 is 4.74 Å². The topological polar surface area (TPSA) is 105 Å². The molecule has 3 heterocycles. The molecule has 128 valence electrons. The SMILES string of the molecule is c1nc(NCc2ccc(-c3nn[nH]n3)cc2)cc(N2CCOCC2)n1. The van der Waals surface area contributed by atoms with Crippen molar-refractivity contribution in [2.75, 3.05) is 36.5 Å². The van der Waals surface area contributed by atoms with E-state index in [4.69, 9.17) is 4.74 Å². The largest absolute Gasteiger partial charge is 0.378 e. The Hall–Kier alpha value is -3.07. The predicted molar refractivity (Wildman–Crippen MR) is 92.0 cm³/mol. The van der Waals surface area contributed by atoms with Gasteiger partial charge in [-0.1, -0.05) is 24.3 Å². The molecule has 2 N–H and O–H groups in total. The number of hydrogen-bond donors (Lipinski definition) is 2. The molecule has 1 aliphatic rings. The molecule has 1 aromatic carbocycles. The fraction of sp³-hybridized carbons (Fsp3) is 0.312. The van der Waals surface area contributed by atoms with Gasteiger partial charge in [-0.3, -0.25) is 0 Å². The van der Waals surface area contributed by atoms with E-state index in [-0.39, 0.29) is 0 Å². The second-order valence-electron chi connectivity index (χ2n) is 5.65. The maximum Gasteiger partial charge on any atom is 0.204 e. The summed E-state index contributed by atoms with van der Waals surface area (Å²) < 4.78 is 5.38. The molecule has 4 rings (SSSR count). The van der Waals surface area contributed by atoms with E-state index >= 15 is 0 Å². The van der Waals surface area contributed by atoms with Crippen LogP contribution in [0.5, 0.6) is 0 Å². The minimum atomic E-state index is 0.588. The molecule has 9 heteroatoms. The Labute approximate surface area is 144 Å². The first-order chi connectivity index (χ1) is 12.4. The Morgan fingerprint density at radius 1 is 1.12 bits per heavy atom. The number of hydrogen-bond acceptors (Lipinski definition) is 8. The lowest BCUT2D eigenvalue weighted by molar-refractivity contribution is 0.122. The van der Waals surface area contributed by atoms with E-state index < -0.39 is 0 Å². The first kappa shape index (κ1) is 15.5. The number of ether oxygens (including phenoxy) is 1. The van der Waals surface area contributed by atoms with Crippen molar-refractivity contribution in [2.24, 2.45) is 0 Å². The van der Waals surface area contributed by atoms with Gasteiger partial charge in [-0.15, -0.1) is 10.2 Å². The van der Waals surface area contributed by atoms with Crippen molar-refractivity contribution in [3.63, 3.8) is 0 Å². The highest BCUT2D eigenvalue weighted by molar-refractivity contribution is 5.54. The summed E-state index contributed by atoms with van der Waals surface area (Å²) in [6.07, 6.45) is 1.59. The number of nitrogens with one attached hydrogen (secondary N) is 2. The molecule has 0 amide bonds. The summed E-state index contributed by atoms with van der Waals surface area (Å²) in [5.74, 6) is 2.32. The zero-order valence-electron chi connectivity index (χ0n) is 13.6. The molecular formula is C16H18N8O. The smallest absolute Gasteiger partial charge is 0.204 e. The third-order valence-electron chi connectivity index (χ3n) is 4.02. The summed E-state index contributed by atoms with van der Waals surface area (Å²) in [4.78, 5) is 10.9. The molecule has 2 aromatic heterocycles. The molecule has 3 aromatic rings. The third-order valence-corrected chi connectivity index (χ3v) is 4.02. The number of aromatic amines is 1. The van der Waals surface area contributed by atoms with Gasteiger partial charge in [-0.2, -0.15) is 5.21 Å². The maximum atomic E-state index is 5.38. The number of nitrogens with zero attached hydrogens (tertiary/aromatic N) is 6. The molecular weight excluding hydrogens is 320 g/mol. The van der Waals surface area contributed by atoms with Crippen LogP contribution < -0.4 is 10.2 Å². The fourth-order valence-corrected chi connectivity index (χ4v) is 2.66. The van der Waals surface area contributed by atoms with Crippen molar-refractivity contribution in [1.82, 2.24) is 30.6 Å². The van der Waals surface area contributed by atoms with Gasteiger partial charge in [0.2, 0.25) is 5.82 Å². The van der Waals surface area contributed by atoms with Crippen LogP contribution in [0, 0.1) is 0 Å². The summed E-state index contributed by atoms with van der Waals surface area (Å²) in [5, 5.41) is 17.3. The molecule has 0 spiro atoms. The predicted octanol–water partition coefficient (Wildman–Crippen LogP) is 1.11. The highest BCUT2D eigenvalue weighted by Gasteiger charge is 2.13. The number of tetrazole rings is 1. The second kappa shape index (κ2) is 7.22. The van der Waals surface area contributed by atoms with Gasteiger partial charge in [0.15, 0.2) is 0 Å². The van der Waals surface area contributed by atoms with Crippen molar-refractivity contribution >= 4 is 11.6 Å². The summed E-state index contributed by atoms with van der Waals surface area (Å²) in [6.45, 7) is 3.85. The number of morpholine rings is 1. The van der Waals surface area contributed by atoms with E-state index in [0.717, 1.165) is 49.1 Å². The van der Waals surface area contributed by atoms with E-state index in [2.05, 4.69) is 40.8 Å². The molecule has 0 atom stereocenters. The highest BCUT2D eigenvalue weighted by atomic mass is 16.5. The molecule has 9 nitrogen and oxygen atoms in total. The highest BCUT2D eigenvalue weighted by Crippen LogP contribution is 2.17. The van der Waals surface area contributed by atoms with Crippen molar-refractivity contribution in [2.45, 2.75) is 6.54 Å². The summed E-state index contributed by atoms with van der Waals surface area (Å²) in [6, 6.07) is 9.98. The number of H-pyrrole nitrogens is 1. The van der Waals surface area contributed by atoms with Gasteiger partial charge >= 0.3 is 0 Å². The third kappa shape index (κ3) is 3.72. The minimum absolute atomic E-state index is 0.588. The standard InChI is InChI=1S/C16H18N8O/c1-3-13(16-20-22-23-21-16)4-2-12(1)10-17-14-9-15(19-11-18-14)24-5-7-25-8-6-24/h1-4,9,11H,5-8,10H2,(H,17,18,19)(H,20,21,22,23). The van der Waals surface area contributed by atoms with Crippen LogP contribution in [0.2, 0.25) is 0 Å². The van der Waals surface area contributed by atoms with Crippen LogP contribution in [0.25, 0.3) is 11.4 Å². The Bertz CT molecular complexity index is 799. The van der Waals surface area contributed by atoms with Gasteiger partial charge in [-0.25, -0.2) is 9.97 Å². The molecule has 0 unspecified atom stereocenters. The Balaban J connectivity index is 1.39. The van der Waals surface area contributed by atoms with Crippen LogP contribution in [-0.2, 0) is 11.3 Å². The van der Waals surface area contributed by atoms with Crippen molar-refractivity contribution in [3.8, 4) is 11.4 Å². The molecule has 0 saturated carbocycles. The van der Waals surface area contributed by atoms with Crippen LogP contribution in [-0.4, -0.2) is 56.9 Å². The zero-order chi connectivity index (χ0) is 16.9. The Morgan fingerprint density at radius 3 is 2.72 bits per heavy atom. The monoisotopic (exact) mass is 338 g/mol. The lowest BCUT2D eigenvalue weighted by Gasteiger charge is -2.27. The van der Waals surface area contributed by atoms with Gasteiger partial charge < -0.3 is 15.0 Å². The molecule has 1 aliphatic heterocycles. The number of benzene rings is 1. The Kier molecular flexibility index (Phi) is 4.46. The summed E-state index contributed by atoms with van der Waals surface area (Å²) in [5.41, 5.74) is 2.06. The van der Waals surface area contributed by atoms with Crippen molar-refractivity contribution in [1.29, 1.82) is 0 Å². The molecule has 1 saturated heterocycles. The average molecular weight is 338 g/mol. The molecule has 0 bridgehead atoms. The van der Waals surface area contributed by atoms with E-state index in [0.29, 0.717) is 12.4 Å². The summed E-state index contributed by atoms with van der Waals surface area (Å²) in [7, 11) is 0. The first-order valence-corrected chi connectivity index (χ1v) is 8.10. The van der Waals surface area contributed by atoms with E-state index in [1.54, 1.807) is 6.33 Å². The minimum Gasteiger partial charge on any atom is -0.378 e. The number of anilines is 2. The van der Waals surface area contributed by atoms with Crippen LogP contribution >= 0.6 is 0 Å². The maximum absolute atomic E-state index is 5.38. The molecule has 1 fully saturated rings. The quantitative estimate of drug-likeness (QED) is 0.713. The van der Waals surface area contributed by atoms with E-state index in [1.807, 2.05) is 30.3 Å². The van der Waals surface area contributed by atoms with Crippen LogP contribution in [0.1, 0.15) is 5.56 Å². The normalized spacial score (nSPS) is 14.5. The number of aromatic nitrogens is 6. The average Bonchev–Trinajstić information content (AvgIpc) is 3.23. The van der Waals surface area contributed by atoms with E-state index in [1.165, 1.54) is 0 Å². The fourth-order valence-electron chi connectivity index (χ4n) is 2.66. The zero-order valence-corrected chi connectivity index (χ0v) is 13.6. The Morgan fingerprint density at radius 2 is 1.96 bits per heavy atom. The summed E-state index contributed by atoms with van der Waals surface area (Å²) >= 11 is 0. The lowest BCUT2D eigenvalue weighted by atomic mass is 10.1. The molecule has 25 heavy (non-hydrogen) atoms.